The van der Waals surface area contributed by atoms with E-state index in [1.165, 1.54) is 5.56 Å². The second-order valence-electron chi connectivity index (χ2n) is 7.67. The summed E-state index contributed by atoms with van der Waals surface area (Å²) < 4.78 is 0. The van der Waals surface area contributed by atoms with E-state index in [0.29, 0.717) is 11.1 Å². The van der Waals surface area contributed by atoms with Crippen LogP contribution in [0.3, 0.4) is 0 Å². The first-order valence-corrected chi connectivity index (χ1v) is 10.4. The van der Waals surface area contributed by atoms with Crippen molar-refractivity contribution < 1.29 is 4.79 Å². The zero-order valence-electron chi connectivity index (χ0n) is 16.9. The molecule has 2 aromatic carbocycles. The molecule has 1 atom stereocenters. The molecule has 3 N–H and O–H groups in total. The molecule has 0 saturated carbocycles. The number of nitrogen functional groups attached to an aromatic ring is 1. The molecule has 1 aromatic heterocycles. The highest BCUT2D eigenvalue weighted by atomic mass is 35.5. The highest BCUT2D eigenvalue weighted by Crippen LogP contribution is 2.23. The lowest BCUT2D eigenvalue weighted by Gasteiger charge is -2.17. The Labute approximate surface area is 186 Å². The van der Waals surface area contributed by atoms with Crippen LogP contribution >= 0.6 is 11.6 Å². The number of nitrogens with zero attached hydrogens (tertiary/aromatic N) is 3. The van der Waals surface area contributed by atoms with Crippen molar-refractivity contribution in [3.63, 3.8) is 0 Å². The molecule has 1 saturated heterocycles. The highest BCUT2D eigenvalue weighted by Gasteiger charge is 2.25. The maximum Gasteiger partial charge on any atom is 0.255 e. The first kappa shape index (κ1) is 20.9. The van der Waals surface area contributed by atoms with Gasteiger partial charge in [0.15, 0.2) is 0 Å². The standard InChI is InChI=1S/C24H22ClN5O/c25-20-7-3-17(4-8-20)14-30-10-9-21(15-30)29-24(31)22-11-19(13-28-23(22)27)18-5-1-16(12-26)2-6-18/h1-8,11,13,21H,9-10,14-15H2,(H2,27,28)(H,29,31)/t21-/m1/s1. The van der Waals surface area contributed by atoms with Crippen molar-refractivity contribution in [2.45, 2.75) is 19.0 Å². The average molecular weight is 432 g/mol. The summed E-state index contributed by atoms with van der Waals surface area (Å²) in [5.41, 5.74) is 9.77. The smallest absolute Gasteiger partial charge is 0.255 e. The number of benzene rings is 2. The number of nitrogens with one attached hydrogen (secondary N) is 1. The number of nitrogens with two attached hydrogens (primary N) is 1. The van der Waals surface area contributed by atoms with Gasteiger partial charge < -0.3 is 11.1 Å². The molecule has 1 aliphatic heterocycles. The topological polar surface area (TPSA) is 95.0 Å². The third kappa shape index (κ3) is 5.02. The van der Waals surface area contributed by atoms with Crippen LogP contribution < -0.4 is 11.1 Å². The monoisotopic (exact) mass is 431 g/mol. The van der Waals surface area contributed by atoms with E-state index in [0.717, 1.165) is 42.2 Å². The number of rotatable bonds is 5. The highest BCUT2D eigenvalue weighted by molar-refractivity contribution is 6.30. The molecule has 6 nitrogen and oxygen atoms in total. The van der Waals surface area contributed by atoms with Gasteiger partial charge in [-0.2, -0.15) is 5.26 Å². The van der Waals surface area contributed by atoms with Crippen LogP contribution in [0, 0.1) is 11.3 Å². The lowest BCUT2D eigenvalue weighted by molar-refractivity contribution is 0.0938. The SMILES string of the molecule is N#Cc1ccc(-c2cnc(N)c(C(=O)N[C@@H]3CCN(Cc4ccc(Cl)cc4)C3)c2)cc1. The van der Waals surface area contributed by atoms with Crippen LogP contribution in [0.15, 0.2) is 60.8 Å². The first-order valence-electron chi connectivity index (χ1n) is 10.1. The fourth-order valence-corrected chi connectivity index (χ4v) is 3.88. The lowest BCUT2D eigenvalue weighted by atomic mass is 10.0. The van der Waals surface area contributed by atoms with Crippen molar-refractivity contribution in [3.05, 3.63) is 82.5 Å². The van der Waals surface area contributed by atoms with Crippen LogP contribution in [0.2, 0.25) is 5.02 Å². The number of carbonyl (C=O) groups is 1. The number of hydrogen-bond donors (Lipinski definition) is 2. The second-order valence-corrected chi connectivity index (χ2v) is 8.10. The molecule has 1 fully saturated rings. The van der Waals surface area contributed by atoms with E-state index in [1.807, 2.05) is 36.4 Å². The normalized spacial score (nSPS) is 16.1. The zero-order chi connectivity index (χ0) is 21.8. The fraction of sp³-hybridized carbons (Fsp3) is 0.208. The molecule has 3 aromatic rings. The average Bonchev–Trinajstić information content (AvgIpc) is 3.22. The predicted molar refractivity (Wildman–Crippen MR) is 121 cm³/mol. The number of likely N-dealkylation sites (tertiary alicyclic amines) is 1. The molecule has 31 heavy (non-hydrogen) atoms. The van der Waals surface area contributed by atoms with Crippen LogP contribution in [0.4, 0.5) is 5.82 Å². The number of aromatic nitrogens is 1. The van der Waals surface area contributed by atoms with Crippen molar-refractivity contribution in [1.82, 2.24) is 15.2 Å². The number of halogens is 1. The minimum atomic E-state index is -0.223. The summed E-state index contributed by atoms with van der Waals surface area (Å²) in [7, 11) is 0. The maximum absolute atomic E-state index is 12.9. The van der Waals surface area contributed by atoms with Gasteiger partial charge >= 0.3 is 0 Å². The molecule has 1 aliphatic rings. The quantitative estimate of drug-likeness (QED) is 0.639. The molecule has 0 bridgehead atoms. The summed E-state index contributed by atoms with van der Waals surface area (Å²) in [4.78, 5) is 19.4. The Hall–Kier alpha value is -3.40. The van der Waals surface area contributed by atoms with Crippen molar-refractivity contribution in [3.8, 4) is 17.2 Å². The third-order valence-electron chi connectivity index (χ3n) is 5.44. The molecular weight excluding hydrogens is 410 g/mol. The summed E-state index contributed by atoms with van der Waals surface area (Å²) in [6.07, 6.45) is 2.51. The van der Waals surface area contributed by atoms with Gasteiger partial charge in [0.05, 0.1) is 17.2 Å². The lowest BCUT2D eigenvalue weighted by Crippen LogP contribution is -2.37. The summed E-state index contributed by atoms with van der Waals surface area (Å²) in [6.45, 7) is 2.50. The second kappa shape index (κ2) is 9.17. The molecular formula is C24H22ClN5O. The number of amides is 1. The number of anilines is 1. The minimum Gasteiger partial charge on any atom is -0.383 e. The Morgan fingerprint density at radius 3 is 2.65 bits per heavy atom. The molecule has 2 heterocycles. The molecule has 0 radical (unpaired) electrons. The van der Waals surface area contributed by atoms with Gasteiger partial charge in [0.2, 0.25) is 0 Å². The molecule has 1 amide bonds. The van der Waals surface area contributed by atoms with E-state index in [9.17, 15) is 4.79 Å². The molecule has 0 spiro atoms. The summed E-state index contributed by atoms with van der Waals surface area (Å²) in [5, 5.41) is 12.8. The third-order valence-corrected chi connectivity index (χ3v) is 5.69. The van der Waals surface area contributed by atoms with E-state index >= 15 is 0 Å². The molecule has 0 aliphatic carbocycles. The summed E-state index contributed by atoms with van der Waals surface area (Å²) in [5.74, 6) is -0.0234. The van der Waals surface area contributed by atoms with E-state index in [1.54, 1.807) is 24.4 Å². The van der Waals surface area contributed by atoms with Crippen LogP contribution in [-0.4, -0.2) is 34.9 Å². The van der Waals surface area contributed by atoms with E-state index < -0.39 is 0 Å². The van der Waals surface area contributed by atoms with Gasteiger partial charge in [0.1, 0.15) is 5.82 Å². The number of nitriles is 1. The predicted octanol–water partition coefficient (Wildman–Crippen LogP) is 3.86. The van der Waals surface area contributed by atoms with E-state index in [2.05, 4.69) is 21.3 Å². The van der Waals surface area contributed by atoms with Crippen LogP contribution in [-0.2, 0) is 6.54 Å². The van der Waals surface area contributed by atoms with Gasteiger partial charge in [0.25, 0.3) is 5.91 Å². The van der Waals surface area contributed by atoms with Crippen molar-refractivity contribution in [2.24, 2.45) is 0 Å². The van der Waals surface area contributed by atoms with E-state index in [-0.39, 0.29) is 17.8 Å². The fourth-order valence-electron chi connectivity index (χ4n) is 3.76. The van der Waals surface area contributed by atoms with Gasteiger partial charge in [-0.25, -0.2) is 4.98 Å². The van der Waals surface area contributed by atoms with Gasteiger partial charge in [-0.3, -0.25) is 9.69 Å². The maximum atomic E-state index is 12.9. The van der Waals surface area contributed by atoms with E-state index in [4.69, 9.17) is 22.6 Å². The molecule has 156 valence electrons. The van der Waals surface area contributed by atoms with Crippen molar-refractivity contribution in [2.75, 3.05) is 18.8 Å². The van der Waals surface area contributed by atoms with Crippen LogP contribution in [0.1, 0.15) is 27.9 Å². The Kier molecular flexibility index (Phi) is 6.17. The van der Waals surface area contributed by atoms with Crippen LogP contribution in [0.5, 0.6) is 0 Å². The number of pyridine rings is 1. The van der Waals surface area contributed by atoms with Gasteiger partial charge in [-0.15, -0.1) is 0 Å². The Balaban J connectivity index is 1.41. The number of carbonyl (C=O) groups excluding carboxylic acids is 1. The van der Waals surface area contributed by atoms with Crippen molar-refractivity contribution >= 4 is 23.3 Å². The van der Waals surface area contributed by atoms with Gasteiger partial charge in [-0.05, 0) is 47.9 Å². The Bertz CT molecular complexity index is 1120. The summed E-state index contributed by atoms with van der Waals surface area (Å²) >= 11 is 5.95. The summed E-state index contributed by atoms with van der Waals surface area (Å²) in [6, 6.07) is 18.9. The molecule has 7 heteroatoms. The van der Waals surface area contributed by atoms with Gasteiger partial charge in [0, 0.05) is 42.5 Å². The van der Waals surface area contributed by atoms with Gasteiger partial charge in [-0.1, -0.05) is 35.9 Å². The van der Waals surface area contributed by atoms with Crippen molar-refractivity contribution in [1.29, 1.82) is 5.26 Å². The Morgan fingerprint density at radius 1 is 1.19 bits per heavy atom. The molecule has 0 unspecified atom stereocenters. The number of hydrogen-bond acceptors (Lipinski definition) is 5. The van der Waals surface area contributed by atoms with Crippen LogP contribution in [0.25, 0.3) is 11.1 Å². The first-order chi connectivity index (χ1) is 15.0. The molecule has 4 rings (SSSR count). The zero-order valence-corrected chi connectivity index (χ0v) is 17.6. The Morgan fingerprint density at radius 2 is 1.94 bits per heavy atom. The minimum absolute atomic E-state index is 0.0535. The largest absolute Gasteiger partial charge is 0.383 e.